The molecule has 1 aromatic rings. The smallest absolute Gasteiger partial charge is 0.272 e. The average Bonchev–Trinajstić information content (AvgIpc) is 2.41. The fourth-order valence-electron chi connectivity index (χ4n) is 1.04. The summed E-state index contributed by atoms with van der Waals surface area (Å²) >= 11 is 6.37. The van der Waals surface area contributed by atoms with Gasteiger partial charge in [0.2, 0.25) is 0 Å². The molecule has 1 aliphatic rings. The van der Waals surface area contributed by atoms with Crippen molar-refractivity contribution in [1.82, 2.24) is 9.88 Å². The molecule has 0 unspecified atom stereocenters. The zero-order valence-corrected chi connectivity index (χ0v) is 8.77. The normalized spacial score (nSPS) is 14.8. The fourth-order valence-corrected chi connectivity index (χ4v) is 1.90. The van der Waals surface area contributed by atoms with Crippen molar-refractivity contribution in [3.8, 4) is 0 Å². The van der Waals surface area contributed by atoms with Crippen molar-refractivity contribution in [2.24, 2.45) is 0 Å². The predicted octanol–water partition coefficient (Wildman–Crippen LogP) is 1.72. The summed E-state index contributed by atoms with van der Waals surface area (Å²) in [6.45, 7) is 0. The number of nitrogens with zero attached hydrogens (tertiary/aromatic N) is 1. The summed E-state index contributed by atoms with van der Waals surface area (Å²) in [5, 5.41) is 2.16. The Morgan fingerprint density at radius 2 is 2.00 bits per heavy atom. The number of imide groups is 1. The summed E-state index contributed by atoms with van der Waals surface area (Å²) in [6.07, 6.45) is 0. The number of fused-ring (bicyclic) bond motifs is 1. The second kappa shape index (κ2) is 2.43. The monoisotopic (exact) mass is 292 g/mol. The van der Waals surface area contributed by atoms with Crippen LogP contribution in [0.4, 0.5) is 4.79 Å². The lowest BCUT2D eigenvalue weighted by Crippen LogP contribution is -2.22. The van der Waals surface area contributed by atoms with Crippen molar-refractivity contribution in [3.05, 3.63) is 20.8 Å². The first-order chi connectivity index (χ1) is 5.61. The quantitative estimate of drug-likeness (QED) is 0.792. The van der Waals surface area contributed by atoms with Crippen LogP contribution in [-0.2, 0) is 0 Å². The Hall–Kier alpha value is -0.620. The van der Waals surface area contributed by atoms with Crippen molar-refractivity contribution < 1.29 is 9.59 Å². The fraction of sp³-hybridized carbons (Fsp3) is 0. The molecule has 0 fully saturated rings. The molecular weight excluding hydrogens is 292 g/mol. The van der Waals surface area contributed by atoms with E-state index in [0.29, 0.717) is 14.8 Å². The van der Waals surface area contributed by atoms with E-state index in [1.165, 1.54) is 4.57 Å². The van der Waals surface area contributed by atoms with Gasteiger partial charge in [0.25, 0.3) is 5.91 Å². The van der Waals surface area contributed by atoms with Crippen LogP contribution in [0.1, 0.15) is 10.5 Å². The molecule has 62 valence electrons. The van der Waals surface area contributed by atoms with Crippen molar-refractivity contribution in [2.45, 2.75) is 0 Å². The summed E-state index contributed by atoms with van der Waals surface area (Å²) in [4.78, 5) is 22.1. The third-order valence-corrected chi connectivity index (χ3v) is 3.47. The molecule has 0 aliphatic carbocycles. The van der Waals surface area contributed by atoms with E-state index in [-0.39, 0.29) is 5.91 Å². The molecule has 0 bridgehead atoms. The molecule has 1 aliphatic heterocycles. The number of carbonyl (C=O) groups is 2. The van der Waals surface area contributed by atoms with Gasteiger partial charge in [0.15, 0.2) is 0 Å². The van der Waals surface area contributed by atoms with Crippen LogP contribution < -0.4 is 5.32 Å². The topological polar surface area (TPSA) is 51.1 Å². The van der Waals surface area contributed by atoms with E-state index in [2.05, 4.69) is 37.2 Å². The maximum Gasteiger partial charge on any atom is 0.334 e. The minimum Gasteiger partial charge on any atom is -0.272 e. The van der Waals surface area contributed by atoms with Crippen LogP contribution in [0, 0.1) is 0 Å². The van der Waals surface area contributed by atoms with Gasteiger partial charge in [0.1, 0.15) is 10.3 Å². The highest BCUT2D eigenvalue weighted by atomic mass is 79.9. The Bertz CT molecular complexity index is 396. The van der Waals surface area contributed by atoms with Crippen molar-refractivity contribution in [3.63, 3.8) is 0 Å². The number of nitrogens with one attached hydrogen (secondary N) is 1. The van der Waals surface area contributed by atoms with Gasteiger partial charge in [-0.15, -0.1) is 0 Å². The van der Waals surface area contributed by atoms with Gasteiger partial charge in [-0.05, 0) is 37.9 Å². The SMILES string of the molecule is O=C1NC(=O)n2c1cc(Br)c2Br. The van der Waals surface area contributed by atoms with Crippen molar-refractivity contribution in [1.29, 1.82) is 0 Å². The predicted molar refractivity (Wildman–Crippen MR) is 48.1 cm³/mol. The minimum atomic E-state index is -0.424. The first-order valence-corrected chi connectivity index (χ1v) is 4.62. The van der Waals surface area contributed by atoms with Gasteiger partial charge in [0.05, 0.1) is 4.47 Å². The van der Waals surface area contributed by atoms with Crippen LogP contribution in [0.25, 0.3) is 0 Å². The molecule has 12 heavy (non-hydrogen) atoms. The second-order valence-electron chi connectivity index (χ2n) is 2.26. The molecule has 1 aromatic heterocycles. The molecule has 2 rings (SSSR count). The van der Waals surface area contributed by atoms with E-state index in [0.717, 1.165) is 0 Å². The van der Waals surface area contributed by atoms with E-state index < -0.39 is 6.03 Å². The van der Waals surface area contributed by atoms with Crippen LogP contribution in [0.15, 0.2) is 15.1 Å². The Morgan fingerprint density at radius 3 is 2.58 bits per heavy atom. The Morgan fingerprint density at radius 1 is 1.33 bits per heavy atom. The molecule has 6 heteroatoms. The number of hydrogen-bond acceptors (Lipinski definition) is 2. The Labute approximate surface area is 84.2 Å². The third-order valence-electron chi connectivity index (χ3n) is 1.55. The molecule has 0 saturated heterocycles. The lowest BCUT2D eigenvalue weighted by atomic mass is 10.4. The van der Waals surface area contributed by atoms with Crippen molar-refractivity contribution >= 4 is 43.8 Å². The second-order valence-corrected chi connectivity index (χ2v) is 3.87. The highest BCUT2D eigenvalue weighted by Crippen LogP contribution is 2.28. The van der Waals surface area contributed by atoms with E-state index in [4.69, 9.17) is 0 Å². The summed E-state index contributed by atoms with van der Waals surface area (Å²) in [5.41, 5.74) is 0.346. The molecule has 4 nitrogen and oxygen atoms in total. The Balaban J connectivity index is 2.75. The van der Waals surface area contributed by atoms with Crippen molar-refractivity contribution in [2.75, 3.05) is 0 Å². The molecule has 0 aromatic carbocycles. The van der Waals surface area contributed by atoms with Crippen LogP contribution in [0.2, 0.25) is 0 Å². The lowest BCUT2D eigenvalue weighted by molar-refractivity contribution is 0.0976. The third kappa shape index (κ3) is 0.879. The van der Waals surface area contributed by atoms with Gasteiger partial charge < -0.3 is 0 Å². The number of hydrogen-bond donors (Lipinski definition) is 1. The molecular formula is C6H2Br2N2O2. The van der Waals surface area contributed by atoms with Gasteiger partial charge in [-0.1, -0.05) is 0 Å². The van der Waals surface area contributed by atoms with Crippen LogP contribution in [0.3, 0.4) is 0 Å². The summed E-state index contributed by atoms with van der Waals surface area (Å²) in [7, 11) is 0. The maximum absolute atomic E-state index is 11.1. The van der Waals surface area contributed by atoms with Gasteiger partial charge >= 0.3 is 6.03 Å². The van der Waals surface area contributed by atoms with E-state index in [1.54, 1.807) is 6.07 Å². The van der Waals surface area contributed by atoms with E-state index >= 15 is 0 Å². The van der Waals surface area contributed by atoms with E-state index in [9.17, 15) is 9.59 Å². The molecule has 2 heterocycles. The number of halogens is 2. The zero-order valence-electron chi connectivity index (χ0n) is 5.60. The maximum atomic E-state index is 11.1. The standard InChI is InChI=1S/C6H2Br2N2O2/c7-2-1-3-5(11)9-6(12)10(3)4(2)8/h1H,(H,9,11,12). The van der Waals surface area contributed by atoms with Crippen LogP contribution in [0.5, 0.6) is 0 Å². The molecule has 0 atom stereocenters. The van der Waals surface area contributed by atoms with Crippen LogP contribution >= 0.6 is 31.9 Å². The molecule has 0 radical (unpaired) electrons. The van der Waals surface area contributed by atoms with Crippen LogP contribution in [-0.4, -0.2) is 16.5 Å². The average molecular weight is 294 g/mol. The molecule has 0 spiro atoms. The minimum absolute atomic E-state index is 0.346. The summed E-state index contributed by atoms with van der Waals surface area (Å²) in [5.74, 6) is -0.369. The first kappa shape index (κ1) is 8.00. The highest BCUT2D eigenvalue weighted by molar-refractivity contribution is 9.13. The summed E-state index contributed by atoms with van der Waals surface area (Å²) < 4.78 is 2.52. The highest BCUT2D eigenvalue weighted by Gasteiger charge is 2.29. The zero-order chi connectivity index (χ0) is 8.88. The van der Waals surface area contributed by atoms with E-state index in [1.807, 2.05) is 0 Å². The largest absolute Gasteiger partial charge is 0.334 e. The van der Waals surface area contributed by atoms with Gasteiger partial charge in [-0.3, -0.25) is 10.1 Å². The molecule has 1 N–H and O–H groups in total. The number of amides is 2. The number of rotatable bonds is 0. The molecule has 2 amide bonds. The van der Waals surface area contributed by atoms with Gasteiger partial charge in [-0.25, -0.2) is 9.36 Å². The molecule has 0 saturated carbocycles. The number of carbonyl (C=O) groups excluding carboxylic acids is 2. The number of aromatic nitrogens is 1. The lowest BCUT2D eigenvalue weighted by Gasteiger charge is -1.94. The van der Waals surface area contributed by atoms with Gasteiger partial charge in [0, 0.05) is 0 Å². The van der Waals surface area contributed by atoms with Gasteiger partial charge in [-0.2, -0.15) is 0 Å². The Kier molecular flexibility index (Phi) is 1.62. The first-order valence-electron chi connectivity index (χ1n) is 3.03. The summed E-state index contributed by atoms with van der Waals surface area (Å²) in [6, 6.07) is 1.16.